The largest absolute Gasteiger partial charge is 0.507 e. The van der Waals surface area contributed by atoms with Gasteiger partial charge in [-0.05, 0) is 43.4 Å². The minimum absolute atomic E-state index is 0.443. The summed E-state index contributed by atoms with van der Waals surface area (Å²) in [4.78, 5) is 0. The molecule has 0 amide bonds. The molecule has 0 saturated carbocycles. The van der Waals surface area contributed by atoms with Gasteiger partial charge in [-0.2, -0.15) is 0 Å². The lowest BCUT2D eigenvalue weighted by Gasteiger charge is -2.09. The Morgan fingerprint density at radius 1 is 1.43 bits per heavy atom. The molecular weight excluding hydrogens is 172 g/mol. The van der Waals surface area contributed by atoms with Crippen molar-refractivity contribution in [3.63, 3.8) is 0 Å². The molecule has 1 heteroatoms. The zero-order valence-electron chi connectivity index (χ0n) is 9.22. The molecule has 0 unspecified atom stereocenters. The van der Waals surface area contributed by atoms with E-state index in [4.69, 9.17) is 0 Å². The van der Waals surface area contributed by atoms with E-state index in [0.29, 0.717) is 5.75 Å². The van der Waals surface area contributed by atoms with Crippen LogP contribution in [0.1, 0.15) is 30.5 Å². The molecule has 1 rings (SSSR count). The summed E-state index contributed by atoms with van der Waals surface area (Å²) >= 11 is 0. The Hall–Kier alpha value is -1.24. The van der Waals surface area contributed by atoms with Crippen LogP contribution in [-0.4, -0.2) is 5.11 Å². The lowest BCUT2D eigenvalue weighted by atomic mass is 9.99. The highest BCUT2D eigenvalue weighted by Gasteiger charge is 2.05. The molecule has 1 nitrogen and oxygen atoms in total. The first-order valence-electron chi connectivity index (χ1n) is 5.00. The zero-order valence-corrected chi connectivity index (χ0v) is 9.22. The van der Waals surface area contributed by atoms with Gasteiger partial charge in [0.15, 0.2) is 0 Å². The third-order valence-corrected chi connectivity index (χ3v) is 2.33. The van der Waals surface area contributed by atoms with E-state index in [-0.39, 0.29) is 0 Å². The smallest absolute Gasteiger partial charge is 0.121 e. The van der Waals surface area contributed by atoms with Crippen LogP contribution in [0.3, 0.4) is 0 Å². The molecule has 0 atom stereocenters. The van der Waals surface area contributed by atoms with Crippen LogP contribution >= 0.6 is 0 Å². The van der Waals surface area contributed by atoms with Crippen LogP contribution in [0.5, 0.6) is 5.75 Å². The predicted molar refractivity (Wildman–Crippen MR) is 60.7 cm³/mol. The van der Waals surface area contributed by atoms with Crippen molar-refractivity contribution in [2.75, 3.05) is 0 Å². The van der Waals surface area contributed by atoms with Crippen molar-refractivity contribution >= 4 is 0 Å². The molecule has 76 valence electrons. The average molecular weight is 190 g/mol. The lowest BCUT2D eigenvalue weighted by Crippen LogP contribution is -1.92. The maximum atomic E-state index is 9.73. The van der Waals surface area contributed by atoms with Crippen LogP contribution < -0.4 is 0 Å². The summed E-state index contributed by atoms with van der Waals surface area (Å²) in [5, 5.41) is 9.73. The lowest BCUT2D eigenvalue weighted by molar-refractivity contribution is 0.464. The number of aromatic hydroxyl groups is 1. The van der Waals surface area contributed by atoms with Crippen LogP contribution in [0.25, 0.3) is 0 Å². The van der Waals surface area contributed by atoms with Gasteiger partial charge in [0.1, 0.15) is 5.75 Å². The van der Waals surface area contributed by atoms with Crippen LogP contribution in [-0.2, 0) is 12.8 Å². The highest BCUT2D eigenvalue weighted by Crippen LogP contribution is 2.25. The Kier molecular flexibility index (Phi) is 3.34. The molecule has 0 radical (unpaired) electrons. The van der Waals surface area contributed by atoms with Crippen molar-refractivity contribution in [1.82, 2.24) is 0 Å². The van der Waals surface area contributed by atoms with E-state index in [1.54, 1.807) is 0 Å². The van der Waals surface area contributed by atoms with Crippen molar-refractivity contribution in [1.29, 1.82) is 0 Å². The highest BCUT2D eigenvalue weighted by molar-refractivity contribution is 5.43. The first-order valence-corrected chi connectivity index (χ1v) is 5.00. The molecule has 0 spiro atoms. The fraction of sp³-hybridized carbons (Fsp3) is 0.385. The molecule has 0 saturated heterocycles. The second-order valence-electron chi connectivity index (χ2n) is 3.91. The summed E-state index contributed by atoms with van der Waals surface area (Å²) < 4.78 is 0. The topological polar surface area (TPSA) is 20.2 Å². The van der Waals surface area contributed by atoms with Crippen LogP contribution in [0.4, 0.5) is 0 Å². The SMILES string of the molecule is C=C(C)Cc1cc(C)c(O)c(CC)c1. The molecule has 0 aliphatic rings. The molecule has 0 aliphatic heterocycles. The van der Waals surface area contributed by atoms with E-state index in [0.717, 1.165) is 29.5 Å². The summed E-state index contributed by atoms with van der Waals surface area (Å²) in [6.07, 6.45) is 1.77. The van der Waals surface area contributed by atoms with E-state index in [2.05, 4.69) is 19.6 Å². The molecule has 1 aromatic rings. The Labute approximate surface area is 86.1 Å². The number of phenols is 1. The normalized spacial score (nSPS) is 10.2. The van der Waals surface area contributed by atoms with Crippen LogP contribution in [0.2, 0.25) is 0 Å². The molecule has 0 aliphatic carbocycles. The molecule has 0 fully saturated rings. The molecular formula is C13H18O. The monoisotopic (exact) mass is 190 g/mol. The number of phenolic OH excluding ortho intramolecular Hbond substituents is 1. The highest BCUT2D eigenvalue weighted by atomic mass is 16.3. The van der Waals surface area contributed by atoms with Crippen LogP contribution in [0, 0.1) is 6.92 Å². The second kappa shape index (κ2) is 4.32. The fourth-order valence-corrected chi connectivity index (χ4v) is 1.65. The van der Waals surface area contributed by atoms with Crippen molar-refractivity contribution in [3.05, 3.63) is 41.0 Å². The van der Waals surface area contributed by atoms with Crippen LogP contribution in [0.15, 0.2) is 24.3 Å². The van der Waals surface area contributed by atoms with Crippen molar-refractivity contribution < 1.29 is 5.11 Å². The van der Waals surface area contributed by atoms with Gasteiger partial charge >= 0.3 is 0 Å². The van der Waals surface area contributed by atoms with Gasteiger partial charge in [0, 0.05) is 0 Å². The molecule has 0 heterocycles. The van der Waals surface area contributed by atoms with E-state index in [1.165, 1.54) is 5.56 Å². The molecule has 1 N–H and O–H groups in total. The fourth-order valence-electron chi connectivity index (χ4n) is 1.65. The maximum absolute atomic E-state index is 9.73. The second-order valence-corrected chi connectivity index (χ2v) is 3.91. The number of rotatable bonds is 3. The molecule has 14 heavy (non-hydrogen) atoms. The Bertz CT molecular complexity index is 350. The van der Waals surface area contributed by atoms with Gasteiger partial charge in [-0.1, -0.05) is 31.2 Å². The summed E-state index contributed by atoms with van der Waals surface area (Å²) in [5.74, 6) is 0.443. The van der Waals surface area contributed by atoms with Crippen molar-refractivity contribution in [3.8, 4) is 5.75 Å². The summed E-state index contributed by atoms with van der Waals surface area (Å²) in [6, 6.07) is 4.10. The summed E-state index contributed by atoms with van der Waals surface area (Å²) in [5.41, 5.74) is 4.38. The van der Waals surface area contributed by atoms with E-state index in [9.17, 15) is 5.11 Å². The van der Waals surface area contributed by atoms with E-state index >= 15 is 0 Å². The minimum Gasteiger partial charge on any atom is -0.507 e. The Morgan fingerprint density at radius 2 is 2.07 bits per heavy atom. The number of hydrogen-bond donors (Lipinski definition) is 1. The summed E-state index contributed by atoms with van der Waals surface area (Å²) in [7, 11) is 0. The maximum Gasteiger partial charge on any atom is 0.121 e. The van der Waals surface area contributed by atoms with Gasteiger partial charge in [-0.25, -0.2) is 0 Å². The third-order valence-electron chi connectivity index (χ3n) is 2.33. The van der Waals surface area contributed by atoms with Crippen molar-refractivity contribution in [2.24, 2.45) is 0 Å². The van der Waals surface area contributed by atoms with Gasteiger partial charge < -0.3 is 5.11 Å². The van der Waals surface area contributed by atoms with Gasteiger partial charge in [0.05, 0.1) is 0 Å². The Morgan fingerprint density at radius 3 is 2.57 bits per heavy atom. The standard InChI is InChI=1S/C13H18O/c1-5-12-8-11(6-9(2)3)7-10(4)13(12)14/h7-8,14H,2,5-6H2,1,3-4H3. The Balaban J connectivity index is 3.09. The summed E-state index contributed by atoms with van der Waals surface area (Å²) in [6.45, 7) is 9.91. The molecule has 0 bridgehead atoms. The van der Waals surface area contributed by atoms with Gasteiger partial charge in [0.2, 0.25) is 0 Å². The van der Waals surface area contributed by atoms with Crippen molar-refractivity contribution in [2.45, 2.75) is 33.6 Å². The number of hydrogen-bond acceptors (Lipinski definition) is 1. The number of benzene rings is 1. The van der Waals surface area contributed by atoms with Gasteiger partial charge in [0.25, 0.3) is 0 Å². The quantitative estimate of drug-likeness (QED) is 0.724. The predicted octanol–water partition coefficient (Wildman–Crippen LogP) is 3.38. The van der Waals surface area contributed by atoms with Gasteiger partial charge in [-0.3, -0.25) is 0 Å². The zero-order chi connectivity index (χ0) is 10.7. The minimum atomic E-state index is 0.443. The first kappa shape index (κ1) is 10.8. The van der Waals surface area contributed by atoms with E-state index in [1.807, 2.05) is 19.9 Å². The molecule has 1 aromatic carbocycles. The number of allylic oxidation sites excluding steroid dienone is 1. The number of aryl methyl sites for hydroxylation is 2. The first-order chi connectivity index (χ1) is 6.54. The average Bonchev–Trinajstić information content (AvgIpc) is 2.10. The van der Waals surface area contributed by atoms with E-state index < -0.39 is 0 Å². The van der Waals surface area contributed by atoms with Gasteiger partial charge in [-0.15, -0.1) is 0 Å². The third kappa shape index (κ3) is 2.38. The molecule has 0 aromatic heterocycles.